The predicted molar refractivity (Wildman–Crippen MR) is 155 cm³/mol. The van der Waals surface area contributed by atoms with Crippen LogP contribution in [0.3, 0.4) is 0 Å². The first kappa shape index (κ1) is 26.6. The first-order valence-electron chi connectivity index (χ1n) is 12.1. The smallest absolute Gasteiger partial charge is 0.301 e. The fraction of sp³-hybridized carbons (Fsp3) is 0.143. The molecule has 12 heteroatoms. The minimum atomic E-state index is -0.958. The molecule has 0 radical (unpaired) electrons. The molecule has 0 bridgehead atoms. The molecule has 6 rings (SSSR count). The van der Waals surface area contributed by atoms with Crippen LogP contribution in [-0.4, -0.2) is 40.2 Å². The number of aliphatic hydroxyl groups excluding tert-OH is 1. The van der Waals surface area contributed by atoms with Gasteiger partial charge in [-0.15, -0.1) is 10.2 Å². The highest BCUT2D eigenvalue weighted by Crippen LogP contribution is 2.45. The number of Topliss-reactive ketones (excluding diaryl/α,β-unsaturated/α-hetero) is 1. The normalized spacial score (nSPS) is 17.9. The standard InChI is InChI=1S/C28H19Cl2N3O5S2/c29-18-8-5-15(6-9-18)23-22(24(34)16-7-10-20-21(13-16)38-12-11-37-20)25(35)26(36)33(23)27-31-32-28(40-27)39-14-17-3-1-2-4-19(17)30/h1-10,13,23,34H,11-12,14H2/b24-22+. The van der Waals surface area contributed by atoms with Gasteiger partial charge in [0, 0.05) is 21.4 Å². The molecule has 1 N–H and O–H groups in total. The molecule has 1 aromatic heterocycles. The van der Waals surface area contributed by atoms with E-state index < -0.39 is 17.7 Å². The number of thioether (sulfide) groups is 1. The van der Waals surface area contributed by atoms with E-state index in [9.17, 15) is 14.7 Å². The molecule has 0 saturated carbocycles. The molecule has 1 amide bonds. The second kappa shape index (κ2) is 11.1. The van der Waals surface area contributed by atoms with E-state index in [1.807, 2.05) is 24.3 Å². The van der Waals surface area contributed by atoms with Crippen molar-refractivity contribution in [3.8, 4) is 11.5 Å². The topological polar surface area (TPSA) is 102 Å². The van der Waals surface area contributed by atoms with Gasteiger partial charge < -0.3 is 14.6 Å². The highest BCUT2D eigenvalue weighted by molar-refractivity contribution is 8.00. The van der Waals surface area contributed by atoms with E-state index in [0.717, 1.165) is 5.56 Å². The van der Waals surface area contributed by atoms with E-state index in [0.29, 0.717) is 56.0 Å². The van der Waals surface area contributed by atoms with E-state index in [2.05, 4.69) is 10.2 Å². The number of aliphatic hydroxyl groups is 1. The van der Waals surface area contributed by atoms with Crippen LogP contribution in [0.4, 0.5) is 5.13 Å². The van der Waals surface area contributed by atoms with Gasteiger partial charge in [0.2, 0.25) is 5.13 Å². The Morgan fingerprint density at radius 3 is 2.52 bits per heavy atom. The Balaban J connectivity index is 1.39. The summed E-state index contributed by atoms with van der Waals surface area (Å²) in [6, 6.07) is 18.1. The monoisotopic (exact) mass is 611 g/mol. The van der Waals surface area contributed by atoms with Crippen molar-refractivity contribution < 1.29 is 24.2 Å². The molecule has 0 aliphatic carbocycles. The summed E-state index contributed by atoms with van der Waals surface area (Å²) >= 11 is 15.0. The summed E-state index contributed by atoms with van der Waals surface area (Å²) in [6.45, 7) is 0.779. The van der Waals surface area contributed by atoms with Gasteiger partial charge in [0.1, 0.15) is 19.0 Å². The molecule has 0 spiro atoms. The van der Waals surface area contributed by atoms with Gasteiger partial charge in [-0.3, -0.25) is 14.5 Å². The van der Waals surface area contributed by atoms with Crippen molar-refractivity contribution in [1.82, 2.24) is 10.2 Å². The van der Waals surface area contributed by atoms with Crippen molar-refractivity contribution in [3.63, 3.8) is 0 Å². The minimum absolute atomic E-state index is 0.0792. The van der Waals surface area contributed by atoms with Crippen molar-refractivity contribution in [1.29, 1.82) is 0 Å². The van der Waals surface area contributed by atoms with E-state index in [1.54, 1.807) is 42.5 Å². The summed E-state index contributed by atoms with van der Waals surface area (Å²) in [4.78, 5) is 28.2. The predicted octanol–water partition coefficient (Wildman–Crippen LogP) is 6.53. The number of halogens is 2. The first-order valence-corrected chi connectivity index (χ1v) is 14.6. The first-order chi connectivity index (χ1) is 19.4. The van der Waals surface area contributed by atoms with Crippen molar-refractivity contribution in [2.45, 2.75) is 16.1 Å². The Labute approximate surface area is 247 Å². The maximum Gasteiger partial charge on any atom is 0.301 e. The van der Waals surface area contributed by atoms with E-state index in [1.165, 1.54) is 28.0 Å². The van der Waals surface area contributed by atoms with Crippen LogP contribution in [0.25, 0.3) is 5.76 Å². The zero-order valence-corrected chi connectivity index (χ0v) is 23.7. The van der Waals surface area contributed by atoms with Crippen LogP contribution in [0.2, 0.25) is 10.0 Å². The number of rotatable bonds is 6. The summed E-state index contributed by atoms with van der Waals surface area (Å²) in [5.74, 6) is -0.468. The summed E-state index contributed by atoms with van der Waals surface area (Å²) in [7, 11) is 0. The molecule has 3 heterocycles. The second-order valence-electron chi connectivity index (χ2n) is 8.81. The zero-order valence-electron chi connectivity index (χ0n) is 20.5. The van der Waals surface area contributed by atoms with Crippen molar-refractivity contribution in [2.24, 2.45) is 0 Å². The molecule has 1 atom stereocenters. The Morgan fingerprint density at radius 1 is 1.00 bits per heavy atom. The van der Waals surface area contributed by atoms with E-state index in [-0.39, 0.29) is 16.5 Å². The number of carbonyl (C=O) groups excluding carboxylic acids is 2. The number of anilines is 1. The fourth-order valence-electron chi connectivity index (χ4n) is 4.45. The number of hydrogen-bond donors (Lipinski definition) is 1. The molecule has 8 nitrogen and oxygen atoms in total. The number of amides is 1. The van der Waals surface area contributed by atoms with Gasteiger partial charge in [0.25, 0.3) is 5.78 Å². The zero-order chi connectivity index (χ0) is 27.8. The van der Waals surface area contributed by atoms with Crippen molar-refractivity contribution in [2.75, 3.05) is 18.1 Å². The molecule has 2 aliphatic rings. The number of carbonyl (C=O) groups is 2. The molecule has 4 aromatic rings. The average Bonchev–Trinajstić information content (AvgIpc) is 3.54. The van der Waals surface area contributed by atoms with Gasteiger partial charge in [-0.2, -0.15) is 0 Å². The Hall–Kier alpha value is -3.57. The average molecular weight is 613 g/mol. The molecule has 1 unspecified atom stereocenters. The van der Waals surface area contributed by atoms with Gasteiger partial charge in [-0.05, 0) is 47.5 Å². The lowest BCUT2D eigenvalue weighted by molar-refractivity contribution is -0.132. The Kier molecular flexibility index (Phi) is 7.41. The van der Waals surface area contributed by atoms with Crippen LogP contribution < -0.4 is 14.4 Å². The van der Waals surface area contributed by atoms with Crippen LogP contribution in [-0.2, 0) is 15.3 Å². The fourth-order valence-corrected chi connectivity index (χ4v) is 6.73. The molecule has 40 heavy (non-hydrogen) atoms. The third-order valence-electron chi connectivity index (χ3n) is 6.36. The second-order valence-corrected chi connectivity index (χ2v) is 11.8. The maximum absolute atomic E-state index is 13.4. The highest BCUT2D eigenvalue weighted by Gasteiger charge is 2.48. The van der Waals surface area contributed by atoms with Crippen LogP contribution in [0, 0.1) is 0 Å². The lowest BCUT2D eigenvalue weighted by Gasteiger charge is -2.23. The van der Waals surface area contributed by atoms with Gasteiger partial charge in [0.05, 0.1) is 11.6 Å². The highest BCUT2D eigenvalue weighted by atomic mass is 35.5. The van der Waals surface area contributed by atoms with Gasteiger partial charge in [0.15, 0.2) is 15.8 Å². The Bertz CT molecular complexity index is 1660. The van der Waals surface area contributed by atoms with Crippen LogP contribution in [0.15, 0.2) is 76.6 Å². The van der Waals surface area contributed by atoms with E-state index in [4.69, 9.17) is 32.7 Å². The number of aromatic nitrogens is 2. The van der Waals surface area contributed by atoms with Crippen LogP contribution in [0.1, 0.15) is 22.7 Å². The molecule has 1 saturated heterocycles. The molecule has 2 aliphatic heterocycles. The molecule has 3 aromatic carbocycles. The molecule has 1 fully saturated rings. The van der Waals surface area contributed by atoms with Gasteiger partial charge in [-0.25, -0.2) is 0 Å². The number of ether oxygens (including phenoxy) is 2. The lowest BCUT2D eigenvalue weighted by atomic mass is 9.95. The third-order valence-corrected chi connectivity index (χ3v) is 9.08. The third kappa shape index (κ3) is 5.03. The number of fused-ring (bicyclic) bond motifs is 1. The van der Waals surface area contributed by atoms with Crippen molar-refractivity contribution in [3.05, 3.63) is 99.0 Å². The maximum atomic E-state index is 13.4. The number of benzene rings is 3. The van der Waals surface area contributed by atoms with Gasteiger partial charge >= 0.3 is 5.91 Å². The molecule has 202 valence electrons. The van der Waals surface area contributed by atoms with E-state index >= 15 is 0 Å². The summed E-state index contributed by atoms with van der Waals surface area (Å²) in [5.41, 5.74) is 1.74. The van der Waals surface area contributed by atoms with Gasteiger partial charge in [-0.1, -0.05) is 76.6 Å². The Morgan fingerprint density at radius 2 is 1.75 bits per heavy atom. The minimum Gasteiger partial charge on any atom is -0.507 e. The quantitative estimate of drug-likeness (QED) is 0.0862. The van der Waals surface area contributed by atoms with Crippen LogP contribution in [0.5, 0.6) is 11.5 Å². The summed E-state index contributed by atoms with van der Waals surface area (Å²) in [6.07, 6.45) is 0. The molecular weight excluding hydrogens is 593 g/mol. The van der Waals surface area contributed by atoms with Crippen molar-refractivity contribution >= 4 is 68.9 Å². The number of nitrogens with zero attached hydrogens (tertiary/aromatic N) is 3. The summed E-state index contributed by atoms with van der Waals surface area (Å²) < 4.78 is 11.8. The van der Waals surface area contributed by atoms with Crippen LogP contribution >= 0.6 is 46.3 Å². The number of ketones is 1. The summed E-state index contributed by atoms with van der Waals surface area (Å²) in [5, 5.41) is 21.2. The number of hydrogen-bond acceptors (Lipinski definition) is 9. The molecular formula is C28H19Cl2N3O5S2. The SMILES string of the molecule is O=C1C(=O)N(c2nnc(SCc3ccccc3Cl)s2)C(c2ccc(Cl)cc2)/C1=C(\O)c1ccc2c(c1)OCCO2. The largest absolute Gasteiger partial charge is 0.507 e. The lowest BCUT2D eigenvalue weighted by Crippen LogP contribution is -2.29.